The molecule has 2 amide bonds. The van der Waals surface area contributed by atoms with Crippen molar-refractivity contribution >= 4 is 17.5 Å². The van der Waals surface area contributed by atoms with Gasteiger partial charge in [0.15, 0.2) is 0 Å². The summed E-state index contributed by atoms with van der Waals surface area (Å²) in [6, 6.07) is 18.8. The Morgan fingerprint density at radius 1 is 1.00 bits per heavy atom. The third kappa shape index (κ3) is 4.19. The molecule has 0 aromatic heterocycles. The van der Waals surface area contributed by atoms with Gasteiger partial charge in [-0.15, -0.1) is 0 Å². The Kier molecular flexibility index (Phi) is 5.31. The summed E-state index contributed by atoms with van der Waals surface area (Å²) < 4.78 is 0. The maximum absolute atomic E-state index is 12.2. The van der Waals surface area contributed by atoms with Crippen LogP contribution < -0.4 is 5.32 Å². The Balaban J connectivity index is 2.06. The number of hydrogen-bond donors (Lipinski definition) is 1. The predicted octanol–water partition coefficient (Wildman–Crippen LogP) is 3.23. The van der Waals surface area contributed by atoms with E-state index in [0.717, 1.165) is 11.3 Å². The lowest BCUT2D eigenvalue weighted by molar-refractivity contribution is -0.134. The molecular formula is C18H20N2O2. The zero-order valence-electron chi connectivity index (χ0n) is 12.8. The number of carbonyl (C=O) groups excluding carboxylic acids is 2. The fourth-order valence-corrected chi connectivity index (χ4v) is 2.31. The van der Waals surface area contributed by atoms with Gasteiger partial charge < -0.3 is 10.2 Å². The average molecular weight is 296 g/mol. The molecule has 0 aliphatic carbocycles. The normalized spacial score (nSPS) is 11.5. The number of hydrogen-bond acceptors (Lipinski definition) is 2. The Morgan fingerprint density at radius 3 is 2.09 bits per heavy atom. The molecule has 0 saturated carbocycles. The van der Waals surface area contributed by atoms with Crippen molar-refractivity contribution < 1.29 is 9.59 Å². The smallest absolute Gasteiger partial charge is 0.244 e. The number of carbonyl (C=O) groups is 2. The molecule has 0 aliphatic heterocycles. The molecule has 0 heterocycles. The molecule has 1 unspecified atom stereocenters. The second-order valence-electron chi connectivity index (χ2n) is 5.15. The zero-order valence-corrected chi connectivity index (χ0v) is 12.8. The van der Waals surface area contributed by atoms with Gasteiger partial charge in [-0.3, -0.25) is 9.59 Å². The number of benzene rings is 2. The number of amides is 2. The minimum atomic E-state index is -0.204. The maximum atomic E-state index is 12.2. The van der Waals surface area contributed by atoms with Gasteiger partial charge >= 0.3 is 0 Å². The topological polar surface area (TPSA) is 49.4 Å². The van der Waals surface area contributed by atoms with Gasteiger partial charge in [-0.05, 0) is 24.6 Å². The summed E-state index contributed by atoms with van der Waals surface area (Å²) in [6.45, 7) is 3.43. The van der Waals surface area contributed by atoms with Gasteiger partial charge in [0.05, 0.1) is 6.04 Å². The first-order chi connectivity index (χ1) is 10.6. The first-order valence-electron chi connectivity index (χ1n) is 7.25. The van der Waals surface area contributed by atoms with E-state index in [4.69, 9.17) is 0 Å². The van der Waals surface area contributed by atoms with Crippen LogP contribution in [0.5, 0.6) is 0 Å². The van der Waals surface area contributed by atoms with Gasteiger partial charge in [-0.2, -0.15) is 0 Å². The van der Waals surface area contributed by atoms with Crippen LogP contribution in [0.4, 0.5) is 5.69 Å². The molecule has 2 aromatic rings. The van der Waals surface area contributed by atoms with E-state index in [1.54, 1.807) is 4.90 Å². The second kappa shape index (κ2) is 7.41. The molecule has 114 valence electrons. The van der Waals surface area contributed by atoms with Crippen LogP contribution in [0.1, 0.15) is 25.5 Å². The van der Waals surface area contributed by atoms with E-state index in [1.807, 2.05) is 67.6 Å². The molecule has 22 heavy (non-hydrogen) atoms. The molecule has 4 nitrogen and oxygen atoms in total. The number of rotatable bonds is 5. The van der Waals surface area contributed by atoms with Crippen molar-refractivity contribution in [2.45, 2.75) is 19.9 Å². The summed E-state index contributed by atoms with van der Waals surface area (Å²) >= 11 is 0. The number of anilines is 1. The summed E-state index contributed by atoms with van der Waals surface area (Å²) in [7, 11) is 0. The highest BCUT2D eigenvalue weighted by Crippen LogP contribution is 2.20. The van der Waals surface area contributed by atoms with Crippen molar-refractivity contribution in [1.82, 2.24) is 4.90 Å². The lowest BCUT2D eigenvalue weighted by Gasteiger charge is -2.28. The Hall–Kier alpha value is -2.62. The molecule has 2 aromatic carbocycles. The first kappa shape index (κ1) is 15.8. The molecule has 0 spiro atoms. The molecule has 4 heteroatoms. The van der Waals surface area contributed by atoms with Gasteiger partial charge in [0, 0.05) is 12.6 Å². The highest BCUT2D eigenvalue weighted by atomic mass is 16.2. The Labute approximate surface area is 130 Å². The minimum Gasteiger partial charge on any atom is -0.327 e. The van der Waals surface area contributed by atoms with Crippen LogP contribution in [0.15, 0.2) is 60.7 Å². The maximum Gasteiger partial charge on any atom is 0.244 e. The van der Waals surface area contributed by atoms with Crippen LogP contribution in [-0.4, -0.2) is 23.3 Å². The van der Waals surface area contributed by atoms with Crippen LogP contribution >= 0.6 is 0 Å². The number of nitrogens with one attached hydrogen (secondary N) is 1. The summed E-state index contributed by atoms with van der Waals surface area (Å²) in [5.74, 6) is -0.330. The van der Waals surface area contributed by atoms with Gasteiger partial charge in [0.2, 0.25) is 11.8 Å². The molecular weight excluding hydrogens is 276 g/mol. The largest absolute Gasteiger partial charge is 0.327 e. The van der Waals surface area contributed by atoms with Gasteiger partial charge in [0.1, 0.15) is 6.54 Å². The van der Waals surface area contributed by atoms with Crippen LogP contribution in [0.2, 0.25) is 0 Å². The summed E-state index contributed by atoms with van der Waals surface area (Å²) in [5.41, 5.74) is 1.73. The van der Waals surface area contributed by atoms with E-state index >= 15 is 0 Å². The monoisotopic (exact) mass is 296 g/mol. The lowest BCUT2D eigenvalue weighted by atomic mass is 10.1. The molecule has 0 fully saturated rings. The first-order valence-corrected chi connectivity index (χ1v) is 7.25. The van der Waals surface area contributed by atoms with E-state index in [9.17, 15) is 9.59 Å². The Morgan fingerprint density at radius 2 is 1.55 bits per heavy atom. The van der Waals surface area contributed by atoms with Crippen LogP contribution in [0.25, 0.3) is 0 Å². The third-order valence-corrected chi connectivity index (χ3v) is 3.53. The molecule has 2 rings (SSSR count). The van der Waals surface area contributed by atoms with Gasteiger partial charge in [-0.1, -0.05) is 48.5 Å². The molecule has 0 radical (unpaired) electrons. The number of nitrogens with zero attached hydrogens (tertiary/aromatic N) is 1. The molecule has 1 atom stereocenters. The molecule has 0 aliphatic rings. The highest BCUT2D eigenvalue weighted by Gasteiger charge is 2.21. The van der Waals surface area contributed by atoms with E-state index < -0.39 is 0 Å². The summed E-state index contributed by atoms with van der Waals surface area (Å²) in [5, 5.41) is 2.80. The zero-order chi connectivity index (χ0) is 15.9. The summed E-state index contributed by atoms with van der Waals surface area (Å²) in [6.07, 6.45) is 0. The number of para-hydroxylation sites is 1. The van der Waals surface area contributed by atoms with E-state index in [-0.39, 0.29) is 24.4 Å². The quantitative estimate of drug-likeness (QED) is 0.921. The fourth-order valence-electron chi connectivity index (χ4n) is 2.31. The van der Waals surface area contributed by atoms with Gasteiger partial charge in [0.25, 0.3) is 0 Å². The van der Waals surface area contributed by atoms with E-state index in [1.165, 1.54) is 6.92 Å². The van der Waals surface area contributed by atoms with Crippen molar-refractivity contribution in [2.24, 2.45) is 0 Å². The minimum absolute atomic E-state index is 0.0281. The summed E-state index contributed by atoms with van der Waals surface area (Å²) in [4.78, 5) is 25.6. The van der Waals surface area contributed by atoms with Crippen molar-refractivity contribution in [2.75, 3.05) is 11.9 Å². The molecule has 0 saturated heterocycles. The van der Waals surface area contributed by atoms with Crippen LogP contribution in [0.3, 0.4) is 0 Å². The SMILES string of the molecule is CC(=O)N(CC(=O)Nc1ccccc1)C(C)c1ccccc1. The van der Waals surface area contributed by atoms with Crippen LogP contribution in [0, 0.1) is 0 Å². The highest BCUT2D eigenvalue weighted by molar-refractivity contribution is 5.94. The Bertz CT molecular complexity index is 626. The predicted molar refractivity (Wildman–Crippen MR) is 87.3 cm³/mol. The van der Waals surface area contributed by atoms with E-state index in [2.05, 4.69) is 5.32 Å². The lowest BCUT2D eigenvalue weighted by Crippen LogP contribution is -2.38. The van der Waals surface area contributed by atoms with Crippen molar-refractivity contribution in [1.29, 1.82) is 0 Å². The van der Waals surface area contributed by atoms with Crippen molar-refractivity contribution in [3.8, 4) is 0 Å². The van der Waals surface area contributed by atoms with Gasteiger partial charge in [-0.25, -0.2) is 0 Å². The average Bonchev–Trinajstić information content (AvgIpc) is 2.53. The fraction of sp³-hybridized carbons (Fsp3) is 0.222. The van der Waals surface area contributed by atoms with E-state index in [0.29, 0.717) is 0 Å². The molecule has 0 bridgehead atoms. The molecule has 1 N–H and O–H groups in total. The standard InChI is InChI=1S/C18H20N2O2/c1-14(16-9-5-3-6-10-16)20(15(2)21)13-18(22)19-17-11-7-4-8-12-17/h3-12,14H,13H2,1-2H3,(H,19,22). The third-order valence-electron chi connectivity index (χ3n) is 3.53. The second-order valence-corrected chi connectivity index (χ2v) is 5.15. The van der Waals surface area contributed by atoms with Crippen molar-refractivity contribution in [3.63, 3.8) is 0 Å². The van der Waals surface area contributed by atoms with Crippen LogP contribution in [-0.2, 0) is 9.59 Å². The van der Waals surface area contributed by atoms with Crippen molar-refractivity contribution in [3.05, 3.63) is 66.2 Å².